The summed E-state index contributed by atoms with van der Waals surface area (Å²) in [6, 6.07) is 8.94. The van der Waals surface area contributed by atoms with Crippen molar-refractivity contribution in [1.82, 2.24) is 0 Å². The number of hydrogen-bond acceptors (Lipinski definition) is 0. The molecular weight excluding hydrogens is 180 g/mol. The molecule has 0 aliphatic carbocycles. The van der Waals surface area contributed by atoms with E-state index in [1.807, 2.05) is 0 Å². The average molecular weight is 202 g/mol. The van der Waals surface area contributed by atoms with E-state index < -0.39 is 0 Å². The molecule has 0 aliphatic heterocycles. The highest BCUT2D eigenvalue weighted by atomic mass is 14.0. The first-order valence-electron chi connectivity index (χ1n) is 6.12. The smallest absolute Gasteiger partial charge is 0.0260 e. The Hall–Kier alpha value is -1.04. The van der Waals surface area contributed by atoms with E-state index in [-0.39, 0.29) is 0 Å². The molecular formula is C15H22. The summed E-state index contributed by atoms with van der Waals surface area (Å²) in [5.41, 5.74) is 2.79. The van der Waals surface area contributed by atoms with Crippen LogP contribution in [0.3, 0.4) is 0 Å². The van der Waals surface area contributed by atoms with Crippen molar-refractivity contribution in [3.63, 3.8) is 0 Å². The topological polar surface area (TPSA) is 0 Å². The van der Waals surface area contributed by atoms with Crippen LogP contribution in [-0.2, 0) is 6.42 Å². The lowest BCUT2D eigenvalue weighted by molar-refractivity contribution is 0.795. The molecule has 0 atom stereocenters. The van der Waals surface area contributed by atoms with Crippen LogP contribution in [0, 0.1) is 0 Å². The lowest BCUT2D eigenvalue weighted by atomic mass is 10.1. The summed E-state index contributed by atoms with van der Waals surface area (Å²) >= 11 is 0. The van der Waals surface area contributed by atoms with Gasteiger partial charge in [-0.15, -0.1) is 0 Å². The first-order chi connectivity index (χ1) is 7.36. The molecule has 0 unspecified atom stereocenters. The molecule has 1 rings (SSSR count). The van der Waals surface area contributed by atoms with Crippen LogP contribution >= 0.6 is 0 Å². The molecule has 0 nitrogen and oxygen atoms in total. The molecule has 0 radical (unpaired) electrons. The molecule has 0 aromatic heterocycles. The summed E-state index contributed by atoms with van der Waals surface area (Å²) in [7, 11) is 0. The second-order valence-electron chi connectivity index (χ2n) is 4.04. The highest BCUT2D eigenvalue weighted by Crippen LogP contribution is 2.09. The van der Waals surface area contributed by atoms with Gasteiger partial charge in [0.05, 0.1) is 0 Å². The van der Waals surface area contributed by atoms with E-state index in [0.29, 0.717) is 0 Å². The lowest BCUT2D eigenvalue weighted by Gasteiger charge is -2.00. The summed E-state index contributed by atoms with van der Waals surface area (Å²) < 4.78 is 0. The molecule has 0 aliphatic rings. The van der Waals surface area contributed by atoms with E-state index in [1.54, 1.807) is 0 Å². The fourth-order valence-electron chi connectivity index (χ4n) is 1.56. The summed E-state index contributed by atoms with van der Waals surface area (Å²) in [6.07, 6.45) is 10.7. The van der Waals surface area contributed by atoms with Crippen LogP contribution in [-0.4, -0.2) is 0 Å². The molecule has 0 saturated heterocycles. The third-order valence-electron chi connectivity index (χ3n) is 2.56. The number of rotatable bonds is 6. The van der Waals surface area contributed by atoms with Crippen LogP contribution in [0.4, 0.5) is 0 Å². The van der Waals surface area contributed by atoms with Crippen LogP contribution in [0.2, 0.25) is 0 Å². The molecule has 0 heteroatoms. The molecule has 0 bridgehead atoms. The highest BCUT2D eigenvalue weighted by molar-refractivity contribution is 5.49. The fraction of sp³-hybridized carbons (Fsp3) is 0.467. The number of allylic oxidation sites excluding steroid dienone is 1. The van der Waals surface area contributed by atoms with Crippen molar-refractivity contribution in [3.8, 4) is 0 Å². The summed E-state index contributed by atoms with van der Waals surface area (Å²) in [5, 5.41) is 0. The van der Waals surface area contributed by atoms with Crippen molar-refractivity contribution in [2.45, 2.75) is 46.0 Å². The number of aryl methyl sites for hydroxylation is 1. The number of benzene rings is 1. The van der Waals surface area contributed by atoms with Crippen LogP contribution in [0.25, 0.3) is 6.08 Å². The second-order valence-corrected chi connectivity index (χ2v) is 4.04. The Morgan fingerprint density at radius 3 is 2.33 bits per heavy atom. The fourth-order valence-corrected chi connectivity index (χ4v) is 1.56. The van der Waals surface area contributed by atoms with Crippen molar-refractivity contribution in [2.75, 3.05) is 0 Å². The van der Waals surface area contributed by atoms with Gasteiger partial charge < -0.3 is 0 Å². The number of hydrogen-bond donors (Lipinski definition) is 0. The molecule has 0 heterocycles. The van der Waals surface area contributed by atoms with Gasteiger partial charge in [-0.3, -0.25) is 0 Å². The van der Waals surface area contributed by atoms with Crippen molar-refractivity contribution >= 4 is 6.08 Å². The Morgan fingerprint density at radius 2 is 1.73 bits per heavy atom. The molecule has 15 heavy (non-hydrogen) atoms. The maximum absolute atomic E-state index is 2.25. The molecule has 1 aromatic carbocycles. The third-order valence-corrected chi connectivity index (χ3v) is 2.56. The Bertz CT molecular complexity index is 279. The molecule has 82 valence electrons. The lowest BCUT2D eigenvalue weighted by Crippen LogP contribution is -1.84. The zero-order valence-electron chi connectivity index (χ0n) is 10.00. The van der Waals surface area contributed by atoms with Crippen LogP contribution in [0.1, 0.15) is 50.7 Å². The van der Waals surface area contributed by atoms with Crippen LogP contribution in [0.5, 0.6) is 0 Å². The quantitative estimate of drug-likeness (QED) is 0.619. The molecule has 0 saturated carbocycles. The van der Waals surface area contributed by atoms with Crippen molar-refractivity contribution in [1.29, 1.82) is 0 Å². The second kappa shape index (κ2) is 7.28. The normalized spacial score (nSPS) is 11.1. The summed E-state index contributed by atoms with van der Waals surface area (Å²) in [4.78, 5) is 0. The Labute approximate surface area is 94.0 Å². The summed E-state index contributed by atoms with van der Waals surface area (Å²) in [6.45, 7) is 4.44. The van der Waals surface area contributed by atoms with Gasteiger partial charge in [0.25, 0.3) is 0 Å². The van der Waals surface area contributed by atoms with Crippen molar-refractivity contribution in [2.24, 2.45) is 0 Å². The maximum Gasteiger partial charge on any atom is -0.0260 e. The largest absolute Gasteiger partial charge is 0.0840 e. The standard InChI is InChI=1S/C15H22/c1-3-5-7-9-15-12-10-14(11-13-15)8-6-4-2/h7,9-13H,3-6,8H2,1-2H3. The van der Waals surface area contributed by atoms with Gasteiger partial charge in [-0.1, -0.05) is 63.1 Å². The van der Waals surface area contributed by atoms with Crippen molar-refractivity contribution < 1.29 is 0 Å². The van der Waals surface area contributed by atoms with Crippen LogP contribution < -0.4 is 0 Å². The molecule has 1 aromatic rings. The van der Waals surface area contributed by atoms with Gasteiger partial charge in [0.15, 0.2) is 0 Å². The Kier molecular flexibility index (Phi) is 5.84. The van der Waals surface area contributed by atoms with Gasteiger partial charge in [0, 0.05) is 0 Å². The minimum Gasteiger partial charge on any atom is -0.0840 e. The maximum atomic E-state index is 2.25. The van der Waals surface area contributed by atoms with Gasteiger partial charge in [0.2, 0.25) is 0 Å². The van der Waals surface area contributed by atoms with E-state index in [9.17, 15) is 0 Å². The van der Waals surface area contributed by atoms with Crippen LogP contribution in [0.15, 0.2) is 30.3 Å². The molecule has 0 N–H and O–H groups in total. The van der Waals surface area contributed by atoms with E-state index in [2.05, 4.69) is 50.3 Å². The Morgan fingerprint density at radius 1 is 1.00 bits per heavy atom. The first-order valence-corrected chi connectivity index (χ1v) is 6.12. The predicted molar refractivity (Wildman–Crippen MR) is 69.0 cm³/mol. The van der Waals surface area contributed by atoms with E-state index in [0.717, 1.165) is 0 Å². The molecule has 0 amide bonds. The average Bonchev–Trinajstić information content (AvgIpc) is 2.28. The predicted octanol–water partition coefficient (Wildman–Crippen LogP) is 4.84. The summed E-state index contributed by atoms with van der Waals surface area (Å²) in [5.74, 6) is 0. The van der Waals surface area contributed by atoms with Gasteiger partial charge >= 0.3 is 0 Å². The number of unbranched alkanes of at least 4 members (excludes halogenated alkanes) is 2. The van der Waals surface area contributed by atoms with E-state index in [4.69, 9.17) is 0 Å². The van der Waals surface area contributed by atoms with E-state index in [1.165, 1.54) is 43.2 Å². The highest BCUT2D eigenvalue weighted by Gasteiger charge is 1.91. The minimum atomic E-state index is 1.18. The first kappa shape index (κ1) is 12.0. The molecule has 0 fully saturated rings. The SMILES string of the molecule is CCCC=Cc1ccc(CCCC)cc1. The zero-order valence-corrected chi connectivity index (χ0v) is 10.00. The monoisotopic (exact) mass is 202 g/mol. The van der Waals surface area contributed by atoms with Gasteiger partial charge in [-0.25, -0.2) is 0 Å². The minimum absolute atomic E-state index is 1.18. The third kappa shape index (κ3) is 4.83. The Balaban J connectivity index is 2.48. The van der Waals surface area contributed by atoms with Gasteiger partial charge in [-0.2, -0.15) is 0 Å². The molecule has 0 spiro atoms. The van der Waals surface area contributed by atoms with E-state index >= 15 is 0 Å². The zero-order chi connectivity index (χ0) is 10.9. The van der Waals surface area contributed by atoms with Gasteiger partial charge in [-0.05, 0) is 30.4 Å². The van der Waals surface area contributed by atoms with Crippen molar-refractivity contribution in [3.05, 3.63) is 41.5 Å². The van der Waals surface area contributed by atoms with Gasteiger partial charge in [0.1, 0.15) is 0 Å².